The molecule has 17 heavy (non-hydrogen) atoms. The number of nitrogens with zero attached hydrogens (tertiary/aromatic N) is 1. The Morgan fingerprint density at radius 2 is 2.24 bits per heavy atom. The molecule has 0 aromatic carbocycles. The Labute approximate surface area is 107 Å². The number of methoxy groups -OCH3 is 1. The predicted molar refractivity (Wildman–Crippen MR) is 69.2 cm³/mol. The average Bonchev–Trinajstić information content (AvgIpc) is 3.21. The molecule has 3 nitrogen and oxygen atoms in total. The Morgan fingerprint density at radius 3 is 2.82 bits per heavy atom. The van der Waals surface area contributed by atoms with E-state index in [0.29, 0.717) is 6.61 Å². The van der Waals surface area contributed by atoms with Gasteiger partial charge < -0.3 is 10.1 Å². The number of rotatable bonds is 6. The van der Waals surface area contributed by atoms with Crippen LogP contribution in [0.5, 0.6) is 0 Å². The van der Waals surface area contributed by atoms with Crippen molar-refractivity contribution in [3.8, 4) is 0 Å². The second-order valence-electron chi connectivity index (χ2n) is 5.33. The van der Waals surface area contributed by atoms with Crippen LogP contribution in [0.2, 0.25) is 0 Å². The third-order valence-electron chi connectivity index (χ3n) is 3.63. The quantitative estimate of drug-likeness (QED) is 0.845. The highest BCUT2D eigenvalue weighted by Gasteiger charge is 2.37. The van der Waals surface area contributed by atoms with Crippen LogP contribution in [0.3, 0.4) is 0 Å². The predicted octanol–water partition coefficient (Wildman–Crippen LogP) is 2.66. The number of hydrogen-bond donors (Lipinski definition) is 1. The molecule has 2 unspecified atom stereocenters. The molecular formula is C13H20N2OS. The third-order valence-corrected chi connectivity index (χ3v) is 4.86. The summed E-state index contributed by atoms with van der Waals surface area (Å²) >= 11 is 1.89. The van der Waals surface area contributed by atoms with Gasteiger partial charge in [-0.25, -0.2) is 4.98 Å². The molecule has 2 atom stereocenters. The molecule has 0 aliphatic heterocycles. The van der Waals surface area contributed by atoms with Crippen molar-refractivity contribution < 1.29 is 4.74 Å². The van der Waals surface area contributed by atoms with Crippen molar-refractivity contribution >= 4 is 11.3 Å². The second-order valence-corrected chi connectivity index (χ2v) is 6.44. The Balaban J connectivity index is 1.70. The minimum absolute atomic E-state index is 0.652. The van der Waals surface area contributed by atoms with E-state index in [1.807, 2.05) is 11.3 Å². The van der Waals surface area contributed by atoms with Crippen LogP contribution in [-0.2, 0) is 17.9 Å². The molecule has 0 saturated heterocycles. The Bertz CT molecular complexity index is 400. The highest BCUT2D eigenvalue weighted by Crippen LogP contribution is 2.48. The van der Waals surface area contributed by atoms with Crippen LogP contribution < -0.4 is 5.32 Å². The van der Waals surface area contributed by atoms with Crippen LogP contribution in [0, 0.1) is 5.92 Å². The molecule has 2 saturated carbocycles. The molecule has 4 heteroatoms. The number of nitrogens with one attached hydrogen (secondary N) is 1. The van der Waals surface area contributed by atoms with Crippen molar-refractivity contribution in [3.63, 3.8) is 0 Å². The fourth-order valence-corrected chi connectivity index (χ4v) is 3.41. The number of thiazole rings is 1. The molecule has 3 rings (SSSR count). The molecule has 2 aliphatic rings. The standard InChI is InChI=1S/C13H20N2OS/c1-8-5-10(8)13-15-11(7-16-2)12(17-13)6-14-9-3-4-9/h8-10,14H,3-7H2,1-2H3. The Hall–Kier alpha value is -0.450. The normalized spacial score (nSPS) is 27.4. The van der Waals surface area contributed by atoms with Crippen LogP contribution >= 0.6 is 11.3 Å². The molecule has 0 spiro atoms. The first-order valence-electron chi connectivity index (χ1n) is 6.48. The Kier molecular flexibility index (Phi) is 3.19. The third kappa shape index (κ3) is 2.69. The minimum atomic E-state index is 0.652. The fraction of sp³-hybridized carbons (Fsp3) is 0.769. The first-order chi connectivity index (χ1) is 8.28. The van der Waals surface area contributed by atoms with E-state index in [4.69, 9.17) is 9.72 Å². The van der Waals surface area contributed by atoms with Crippen LogP contribution in [0.4, 0.5) is 0 Å². The summed E-state index contributed by atoms with van der Waals surface area (Å²) in [5, 5.41) is 4.90. The molecule has 1 N–H and O–H groups in total. The maximum absolute atomic E-state index is 5.25. The summed E-state index contributed by atoms with van der Waals surface area (Å²) in [6.07, 6.45) is 3.99. The summed E-state index contributed by atoms with van der Waals surface area (Å²) in [6, 6.07) is 0.760. The molecular weight excluding hydrogens is 232 g/mol. The summed E-state index contributed by atoms with van der Waals surface area (Å²) in [4.78, 5) is 6.15. The largest absolute Gasteiger partial charge is 0.378 e. The average molecular weight is 252 g/mol. The molecule has 94 valence electrons. The van der Waals surface area contributed by atoms with Crippen LogP contribution in [0.15, 0.2) is 0 Å². The van der Waals surface area contributed by atoms with Gasteiger partial charge in [0.2, 0.25) is 0 Å². The maximum Gasteiger partial charge on any atom is 0.0966 e. The summed E-state index contributed by atoms with van der Waals surface area (Å²) in [5.74, 6) is 1.56. The van der Waals surface area contributed by atoms with Crippen LogP contribution in [-0.4, -0.2) is 18.1 Å². The lowest BCUT2D eigenvalue weighted by atomic mass is 10.3. The molecule has 2 fully saturated rings. The van der Waals surface area contributed by atoms with Gasteiger partial charge in [-0.1, -0.05) is 6.92 Å². The lowest BCUT2D eigenvalue weighted by molar-refractivity contribution is 0.181. The van der Waals surface area contributed by atoms with Gasteiger partial charge in [-0.15, -0.1) is 11.3 Å². The van der Waals surface area contributed by atoms with Crippen LogP contribution in [0.1, 0.15) is 47.7 Å². The lowest BCUT2D eigenvalue weighted by Crippen LogP contribution is -2.15. The Morgan fingerprint density at radius 1 is 1.47 bits per heavy atom. The fourth-order valence-electron chi connectivity index (χ4n) is 2.14. The van der Waals surface area contributed by atoms with Gasteiger partial charge in [0, 0.05) is 30.5 Å². The van der Waals surface area contributed by atoms with Gasteiger partial charge in [0.25, 0.3) is 0 Å². The van der Waals surface area contributed by atoms with Crippen molar-refractivity contribution in [3.05, 3.63) is 15.6 Å². The van der Waals surface area contributed by atoms with Gasteiger partial charge >= 0.3 is 0 Å². The van der Waals surface area contributed by atoms with Gasteiger partial charge in [-0.05, 0) is 25.2 Å². The van der Waals surface area contributed by atoms with E-state index in [0.717, 1.165) is 30.1 Å². The molecule has 0 amide bonds. The zero-order chi connectivity index (χ0) is 11.8. The topological polar surface area (TPSA) is 34.1 Å². The van der Waals surface area contributed by atoms with E-state index in [1.165, 1.54) is 29.1 Å². The summed E-state index contributed by atoms with van der Waals surface area (Å²) in [7, 11) is 1.75. The zero-order valence-corrected chi connectivity index (χ0v) is 11.3. The van der Waals surface area contributed by atoms with Crippen molar-refractivity contribution in [2.24, 2.45) is 5.92 Å². The summed E-state index contributed by atoms with van der Waals surface area (Å²) in [6.45, 7) is 3.94. The van der Waals surface area contributed by atoms with Crippen LogP contribution in [0.25, 0.3) is 0 Å². The lowest BCUT2D eigenvalue weighted by Gasteiger charge is -2.02. The second kappa shape index (κ2) is 4.67. The maximum atomic E-state index is 5.25. The first kappa shape index (κ1) is 11.6. The summed E-state index contributed by atoms with van der Waals surface area (Å²) < 4.78 is 5.25. The highest BCUT2D eigenvalue weighted by atomic mass is 32.1. The summed E-state index contributed by atoms with van der Waals surface area (Å²) in [5.41, 5.74) is 1.15. The van der Waals surface area contributed by atoms with E-state index in [9.17, 15) is 0 Å². The van der Waals surface area contributed by atoms with Crippen molar-refractivity contribution in [2.75, 3.05) is 7.11 Å². The van der Waals surface area contributed by atoms with Crippen molar-refractivity contribution in [2.45, 2.75) is 51.3 Å². The smallest absolute Gasteiger partial charge is 0.0966 e. The van der Waals surface area contributed by atoms with Gasteiger partial charge in [0.05, 0.1) is 17.3 Å². The van der Waals surface area contributed by atoms with E-state index in [1.54, 1.807) is 7.11 Å². The zero-order valence-electron chi connectivity index (χ0n) is 10.5. The number of hydrogen-bond acceptors (Lipinski definition) is 4. The van der Waals surface area contributed by atoms with E-state index in [2.05, 4.69) is 12.2 Å². The first-order valence-corrected chi connectivity index (χ1v) is 7.30. The minimum Gasteiger partial charge on any atom is -0.378 e. The van der Waals surface area contributed by atoms with Gasteiger partial charge in [-0.3, -0.25) is 0 Å². The molecule has 1 heterocycles. The van der Waals surface area contributed by atoms with E-state index < -0.39 is 0 Å². The number of aromatic nitrogens is 1. The van der Waals surface area contributed by atoms with Gasteiger partial charge in [0.15, 0.2) is 0 Å². The molecule has 1 aromatic heterocycles. The molecule has 0 bridgehead atoms. The monoisotopic (exact) mass is 252 g/mol. The molecule has 1 aromatic rings. The van der Waals surface area contributed by atoms with E-state index >= 15 is 0 Å². The molecule has 0 radical (unpaired) electrons. The SMILES string of the molecule is COCc1nc(C2CC2C)sc1CNC1CC1. The van der Waals surface area contributed by atoms with Gasteiger partial charge in [0.1, 0.15) is 0 Å². The van der Waals surface area contributed by atoms with E-state index in [-0.39, 0.29) is 0 Å². The molecule has 2 aliphatic carbocycles. The van der Waals surface area contributed by atoms with Crippen molar-refractivity contribution in [1.29, 1.82) is 0 Å². The number of ether oxygens (including phenoxy) is 1. The van der Waals surface area contributed by atoms with Gasteiger partial charge in [-0.2, -0.15) is 0 Å². The highest BCUT2D eigenvalue weighted by molar-refractivity contribution is 7.11. The van der Waals surface area contributed by atoms with Crippen molar-refractivity contribution in [1.82, 2.24) is 10.3 Å².